The second-order valence-corrected chi connectivity index (χ2v) is 8.07. The molecule has 0 atom stereocenters. The number of anilines is 1. The van der Waals surface area contributed by atoms with Gasteiger partial charge in [0.15, 0.2) is 5.75 Å². The van der Waals surface area contributed by atoms with E-state index in [1.165, 1.54) is 13.2 Å². The standard InChI is InChI=1S/C14H9BrCl2F3NO3S/c1-24-13-10(15)4-7(16)5-12(13)25(22,23)21-8-2-3-11(17)9(6-8)14(18,19)20/h2-6,21H,1H3. The first-order chi connectivity index (χ1) is 11.5. The van der Waals surface area contributed by atoms with E-state index in [2.05, 4.69) is 20.7 Å². The van der Waals surface area contributed by atoms with Crippen LogP contribution in [0.2, 0.25) is 10.0 Å². The number of ether oxygens (including phenoxy) is 1. The molecule has 11 heteroatoms. The van der Waals surface area contributed by atoms with Crippen LogP contribution in [-0.2, 0) is 16.2 Å². The maximum absolute atomic E-state index is 12.9. The van der Waals surface area contributed by atoms with E-state index >= 15 is 0 Å². The Bertz CT molecular complexity index is 920. The predicted octanol–water partition coefficient (Wildman–Crippen LogP) is 5.58. The van der Waals surface area contributed by atoms with Gasteiger partial charge < -0.3 is 4.74 Å². The lowest BCUT2D eigenvalue weighted by Crippen LogP contribution is -2.15. The van der Waals surface area contributed by atoms with Crippen LogP contribution in [0.15, 0.2) is 39.7 Å². The fourth-order valence-corrected chi connectivity index (χ4v) is 4.61. The molecule has 0 fully saturated rings. The Hall–Kier alpha value is -1.16. The molecule has 0 amide bonds. The van der Waals surface area contributed by atoms with Gasteiger partial charge in [0.05, 0.1) is 22.2 Å². The van der Waals surface area contributed by atoms with Gasteiger partial charge in [0, 0.05) is 10.7 Å². The molecular weight excluding hydrogens is 470 g/mol. The Labute approximate surface area is 160 Å². The van der Waals surface area contributed by atoms with Crippen LogP contribution in [0, 0.1) is 0 Å². The highest BCUT2D eigenvalue weighted by molar-refractivity contribution is 9.10. The minimum Gasteiger partial charge on any atom is -0.494 e. The van der Waals surface area contributed by atoms with Gasteiger partial charge in [0.25, 0.3) is 10.0 Å². The van der Waals surface area contributed by atoms with E-state index < -0.39 is 26.8 Å². The third-order valence-corrected chi connectivity index (χ3v) is 5.52. The summed E-state index contributed by atoms with van der Waals surface area (Å²) in [6.45, 7) is 0. The van der Waals surface area contributed by atoms with E-state index in [1.54, 1.807) is 0 Å². The summed E-state index contributed by atoms with van der Waals surface area (Å²) in [6.07, 6.45) is -4.73. The fraction of sp³-hybridized carbons (Fsp3) is 0.143. The van der Waals surface area contributed by atoms with Gasteiger partial charge in [-0.2, -0.15) is 13.2 Å². The number of alkyl halides is 3. The molecule has 0 radical (unpaired) electrons. The maximum atomic E-state index is 12.9. The van der Waals surface area contributed by atoms with Crippen molar-refractivity contribution in [2.45, 2.75) is 11.1 Å². The van der Waals surface area contributed by atoms with Crippen LogP contribution in [0.1, 0.15) is 5.56 Å². The molecule has 0 bridgehead atoms. The van der Waals surface area contributed by atoms with Gasteiger partial charge in [-0.05, 0) is 46.3 Å². The monoisotopic (exact) mass is 477 g/mol. The second-order valence-electron chi connectivity index (χ2n) is 4.72. The normalized spacial score (nSPS) is 12.1. The number of rotatable bonds is 4. The molecular formula is C14H9BrCl2F3NO3S. The Morgan fingerprint density at radius 3 is 2.36 bits per heavy atom. The molecule has 136 valence electrons. The molecule has 25 heavy (non-hydrogen) atoms. The van der Waals surface area contributed by atoms with Crippen molar-refractivity contribution in [2.24, 2.45) is 0 Å². The lowest BCUT2D eigenvalue weighted by Gasteiger charge is -2.15. The zero-order chi connectivity index (χ0) is 19.0. The highest BCUT2D eigenvalue weighted by Crippen LogP contribution is 2.38. The van der Waals surface area contributed by atoms with E-state index in [4.69, 9.17) is 27.9 Å². The lowest BCUT2D eigenvalue weighted by atomic mass is 10.2. The molecule has 2 rings (SSSR count). The summed E-state index contributed by atoms with van der Waals surface area (Å²) in [5, 5.41) is -0.446. The number of methoxy groups -OCH3 is 1. The van der Waals surface area contributed by atoms with Crippen molar-refractivity contribution in [3.8, 4) is 5.75 Å². The fourth-order valence-electron chi connectivity index (χ4n) is 1.95. The van der Waals surface area contributed by atoms with Gasteiger partial charge in [-0.25, -0.2) is 8.42 Å². The smallest absolute Gasteiger partial charge is 0.417 e. The van der Waals surface area contributed by atoms with Crippen LogP contribution in [0.3, 0.4) is 0 Å². The number of benzene rings is 2. The largest absolute Gasteiger partial charge is 0.494 e. The summed E-state index contributed by atoms with van der Waals surface area (Å²) in [6, 6.07) is 5.21. The van der Waals surface area contributed by atoms with Crippen LogP contribution >= 0.6 is 39.1 Å². The third-order valence-electron chi connectivity index (χ3n) is 2.99. The third kappa shape index (κ3) is 4.52. The Morgan fingerprint density at radius 2 is 1.80 bits per heavy atom. The number of nitrogens with one attached hydrogen (secondary N) is 1. The molecule has 1 N–H and O–H groups in total. The van der Waals surface area contributed by atoms with E-state index in [-0.39, 0.29) is 25.8 Å². The molecule has 0 aromatic heterocycles. The van der Waals surface area contributed by atoms with Crippen LogP contribution in [0.25, 0.3) is 0 Å². The van der Waals surface area contributed by atoms with E-state index in [9.17, 15) is 21.6 Å². The predicted molar refractivity (Wildman–Crippen MR) is 93.0 cm³/mol. The Morgan fingerprint density at radius 1 is 1.16 bits per heavy atom. The maximum Gasteiger partial charge on any atom is 0.417 e. The summed E-state index contributed by atoms with van der Waals surface area (Å²) in [5.41, 5.74) is -1.47. The summed E-state index contributed by atoms with van der Waals surface area (Å²) >= 11 is 14.5. The molecule has 0 spiro atoms. The van der Waals surface area contributed by atoms with Crippen molar-refractivity contribution >= 4 is 54.8 Å². The van der Waals surface area contributed by atoms with Crippen molar-refractivity contribution in [1.82, 2.24) is 0 Å². The van der Waals surface area contributed by atoms with Gasteiger partial charge in [-0.1, -0.05) is 23.2 Å². The molecule has 2 aromatic carbocycles. The summed E-state index contributed by atoms with van der Waals surface area (Å²) in [5.74, 6) is -0.0399. The second kappa shape index (κ2) is 7.22. The quantitative estimate of drug-likeness (QED) is 0.623. The summed E-state index contributed by atoms with van der Waals surface area (Å²) in [4.78, 5) is -0.335. The van der Waals surface area contributed by atoms with Crippen molar-refractivity contribution in [3.63, 3.8) is 0 Å². The molecule has 0 heterocycles. The van der Waals surface area contributed by atoms with Crippen molar-refractivity contribution in [2.75, 3.05) is 11.8 Å². The van der Waals surface area contributed by atoms with Crippen LogP contribution < -0.4 is 9.46 Å². The Balaban J connectivity index is 2.51. The van der Waals surface area contributed by atoms with Gasteiger partial charge in [0.1, 0.15) is 4.90 Å². The highest BCUT2D eigenvalue weighted by atomic mass is 79.9. The number of hydrogen-bond donors (Lipinski definition) is 1. The Kier molecular flexibility index (Phi) is 5.82. The van der Waals surface area contributed by atoms with Crippen molar-refractivity contribution < 1.29 is 26.3 Å². The van der Waals surface area contributed by atoms with E-state index in [1.807, 2.05) is 0 Å². The average molecular weight is 479 g/mol. The minimum absolute atomic E-state index is 0.0399. The highest BCUT2D eigenvalue weighted by Gasteiger charge is 2.34. The van der Waals surface area contributed by atoms with Gasteiger partial charge >= 0.3 is 6.18 Å². The minimum atomic E-state index is -4.73. The summed E-state index contributed by atoms with van der Waals surface area (Å²) < 4.78 is 71.2. The van der Waals surface area contributed by atoms with Crippen LogP contribution in [-0.4, -0.2) is 15.5 Å². The lowest BCUT2D eigenvalue weighted by molar-refractivity contribution is -0.137. The van der Waals surface area contributed by atoms with Crippen molar-refractivity contribution in [1.29, 1.82) is 0 Å². The first kappa shape index (κ1) is 20.2. The number of halogens is 6. The van der Waals surface area contributed by atoms with Crippen LogP contribution in [0.4, 0.5) is 18.9 Å². The topological polar surface area (TPSA) is 55.4 Å². The first-order valence-corrected chi connectivity index (χ1v) is 9.41. The molecule has 0 aliphatic carbocycles. The van der Waals surface area contributed by atoms with Crippen LogP contribution in [0.5, 0.6) is 5.75 Å². The van der Waals surface area contributed by atoms with Gasteiger partial charge in [0.2, 0.25) is 0 Å². The zero-order valence-electron chi connectivity index (χ0n) is 12.3. The molecule has 0 aliphatic rings. The number of hydrogen-bond acceptors (Lipinski definition) is 3. The molecule has 0 unspecified atom stereocenters. The molecule has 0 saturated carbocycles. The van der Waals surface area contributed by atoms with E-state index in [0.29, 0.717) is 6.07 Å². The average Bonchev–Trinajstić information content (AvgIpc) is 2.47. The molecule has 2 aromatic rings. The SMILES string of the molecule is COc1c(Br)cc(Cl)cc1S(=O)(=O)Nc1ccc(Cl)c(C(F)(F)F)c1. The molecule has 4 nitrogen and oxygen atoms in total. The van der Waals surface area contributed by atoms with Gasteiger partial charge in [-0.3, -0.25) is 4.72 Å². The summed E-state index contributed by atoms with van der Waals surface area (Å²) in [7, 11) is -3.03. The first-order valence-electron chi connectivity index (χ1n) is 6.38. The number of sulfonamides is 1. The van der Waals surface area contributed by atoms with E-state index in [0.717, 1.165) is 18.2 Å². The van der Waals surface area contributed by atoms with Gasteiger partial charge in [-0.15, -0.1) is 0 Å². The van der Waals surface area contributed by atoms with Crippen molar-refractivity contribution in [3.05, 3.63) is 50.4 Å². The molecule has 0 aliphatic heterocycles. The zero-order valence-corrected chi connectivity index (χ0v) is 16.2. The molecule has 0 saturated heterocycles.